The Labute approximate surface area is 141 Å². The first kappa shape index (κ1) is 15.4. The largest absolute Gasteiger partial charge is 0.343 e. The molecule has 3 fully saturated rings. The van der Waals surface area contributed by atoms with Crippen LogP contribution >= 0.6 is 0 Å². The lowest BCUT2D eigenvalue weighted by molar-refractivity contribution is -0.228. The van der Waals surface area contributed by atoms with Gasteiger partial charge in [0.1, 0.15) is 0 Å². The lowest BCUT2D eigenvalue weighted by Gasteiger charge is -2.60. The van der Waals surface area contributed by atoms with Crippen LogP contribution < -0.4 is 16.1 Å². The maximum atomic E-state index is 12.6. The molecule has 4 rings (SSSR count). The molecule has 7 nitrogen and oxygen atoms in total. The summed E-state index contributed by atoms with van der Waals surface area (Å²) in [5, 5.41) is 8.76. The fraction of sp³-hybridized carbons (Fsp3) is 0.529. The number of amides is 4. The molecule has 2 atom stereocenters. The molecule has 2 unspecified atom stereocenters. The van der Waals surface area contributed by atoms with Crippen LogP contribution in [0.15, 0.2) is 30.3 Å². The average molecular weight is 329 g/mol. The molecule has 4 amide bonds. The van der Waals surface area contributed by atoms with Gasteiger partial charge < -0.3 is 10.6 Å². The topological polar surface area (TPSA) is 76.7 Å². The molecule has 2 aliphatic heterocycles. The van der Waals surface area contributed by atoms with Crippen LogP contribution in [-0.2, 0) is 0 Å². The molecule has 24 heavy (non-hydrogen) atoms. The van der Waals surface area contributed by atoms with Crippen LogP contribution in [0.1, 0.15) is 45.2 Å². The minimum Gasteiger partial charge on any atom is -0.334 e. The quantitative estimate of drug-likeness (QED) is 0.777. The number of imide groups is 1. The number of hydrogen-bond donors (Lipinski definition) is 3. The van der Waals surface area contributed by atoms with E-state index in [1.807, 2.05) is 30.3 Å². The molecule has 128 valence electrons. The minimum atomic E-state index is -0.688. The van der Waals surface area contributed by atoms with Crippen molar-refractivity contribution in [1.29, 1.82) is 0 Å². The van der Waals surface area contributed by atoms with Crippen LogP contribution in [-0.4, -0.2) is 33.9 Å². The van der Waals surface area contributed by atoms with E-state index in [1.165, 1.54) is 0 Å². The number of benzene rings is 1. The molecule has 1 aromatic rings. The predicted molar refractivity (Wildman–Crippen MR) is 88.3 cm³/mol. The summed E-state index contributed by atoms with van der Waals surface area (Å²) in [6.07, 6.45) is 1.96. The Morgan fingerprint density at radius 1 is 1.25 bits per heavy atom. The van der Waals surface area contributed by atoms with Gasteiger partial charge in [-0.2, -0.15) is 5.01 Å². The highest BCUT2D eigenvalue weighted by atomic mass is 16.2. The molecule has 1 saturated carbocycles. The molecular formula is C17H23N5O2. The highest BCUT2D eigenvalue weighted by Crippen LogP contribution is 2.51. The molecular weight excluding hydrogens is 306 g/mol. The third-order valence-corrected chi connectivity index (χ3v) is 5.07. The Bertz CT molecular complexity index is 682. The lowest BCUT2D eigenvalue weighted by Crippen LogP contribution is -2.81. The number of hydrogen-bond acceptors (Lipinski definition) is 4. The Kier molecular flexibility index (Phi) is 3.17. The van der Waals surface area contributed by atoms with Crippen molar-refractivity contribution in [1.82, 2.24) is 26.2 Å². The van der Waals surface area contributed by atoms with Gasteiger partial charge in [0, 0.05) is 11.5 Å². The van der Waals surface area contributed by atoms with E-state index in [0.717, 1.165) is 23.4 Å². The summed E-state index contributed by atoms with van der Waals surface area (Å²) >= 11 is 0. The third-order valence-electron chi connectivity index (χ3n) is 5.07. The van der Waals surface area contributed by atoms with E-state index in [9.17, 15) is 9.59 Å². The van der Waals surface area contributed by atoms with Crippen molar-refractivity contribution in [3.05, 3.63) is 35.9 Å². The Hall–Kier alpha value is -2.12. The molecule has 2 saturated heterocycles. The van der Waals surface area contributed by atoms with E-state index in [-0.39, 0.29) is 23.5 Å². The number of hydrazine groups is 2. The maximum absolute atomic E-state index is 12.6. The molecule has 2 heterocycles. The Morgan fingerprint density at radius 3 is 2.50 bits per heavy atom. The molecule has 0 aromatic heterocycles. The second-order valence-corrected chi connectivity index (χ2v) is 7.77. The molecule has 1 aliphatic carbocycles. The smallest absolute Gasteiger partial charge is 0.334 e. The molecule has 0 bridgehead atoms. The van der Waals surface area contributed by atoms with Gasteiger partial charge >= 0.3 is 12.1 Å². The molecule has 3 aliphatic rings. The van der Waals surface area contributed by atoms with Gasteiger partial charge in [-0.15, -0.1) is 5.12 Å². The zero-order chi connectivity index (χ0) is 17.1. The van der Waals surface area contributed by atoms with Crippen LogP contribution in [0.2, 0.25) is 0 Å². The second kappa shape index (κ2) is 4.94. The van der Waals surface area contributed by atoms with E-state index in [4.69, 9.17) is 0 Å². The summed E-state index contributed by atoms with van der Waals surface area (Å²) in [5.74, 6) is 0. The predicted octanol–water partition coefficient (Wildman–Crippen LogP) is 2.10. The van der Waals surface area contributed by atoms with Gasteiger partial charge in [-0.1, -0.05) is 51.1 Å². The summed E-state index contributed by atoms with van der Waals surface area (Å²) in [6, 6.07) is 9.31. The monoisotopic (exact) mass is 329 g/mol. The van der Waals surface area contributed by atoms with Crippen molar-refractivity contribution in [3.8, 4) is 0 Å². The van der Waals surface area contributed by atoms with Crippen LogP contribution in [0.4, 0.5) is 9.59 Å². The van der Waals surface area contributed by atoms with Crippen LogP contribution in [0, 0.1) is 5.41 Å². The van der Waals surface area contributed by atoms with Crippen molar-refractivity contribution in [3.63, 3.8) is 0 Å². The van der Waals surface area contributed by atoms with Gasteiger partial charge in [-0.25, -0.2) is 15.0 Å². The van der Waals surface area contributed by atoms with Crippen LogP contribution in [0.3, 0.4) is 0 Å². The second-order valence-electron chi connectivity index (χ2n) is 7.77. The Balaban J connectivity index is 1.67. The van der Waals surface area contributed by atoms with Gasteiger partial charge in [-0.3, -0.25) is 0 Å². The van der Waals surface area contributed by atoms with Crippen molar-refractivity contribution in [2.45, 2.75) is 51.4 Å². The molecule has 0 spiro atoms. The molecule has 3 N–H and O–H groups in total. The van der Waals surface area contributed by atoms with E-state index < -0.39 is 11.7 Å². The zero-order valence-corrected chi connectivity index (χ0v) is 14.2. The first-order valence-corrected chi connectivity index (χ1v) is 8.38. The zero-order valence-electron chi connectivity index (χ0n) is 14.2. The number of carbonyl (C=O) groups is 2. The van der Waals surface area contributed by atoms with E-state index in [0.29, 0.717) is 0 Å². The normalized spacial score (nSPS) is 29.7. The van der Waals surface area contributed by atoms with Gasteiger partial charge in [0.05, 0.1) is 6.04 Å². The Morgan fingerprint density at radius 2 is 1.92 bits per heavy atom. The van der Waals surface area contributed by atoms with E-state index in [1.54, 1.807) is 5.12 Å². The fourth-order valence-electron chi connectivity index (χ4n) is 3.57. The summed E-state index contributed by atoms with van der Waals surface area (Å²) in [7, 11) is 0. The van der Waals surface area contributed by atoms with Crippen molar-refractivity contribution in [2.75, 3.05) is 0 Å². The number of urea groups is 2. The third kappa shape index (κ3) is 2.04. The number of rotatable bonds is 2. The molecule has 1 aromatic carbocycles. The van der Waals surface area contributed by atoms with Crippen LogP contribution in [0.5, 0.6) is 0 Å². The van der Waals surface area contributed by atoms with Crippen LogP contribution in [0.25, 0.3) is 0 Å². The summed E-state index contributed by atoms with van der Waals surface area (Å²) in [4.78, 5) is 25.1. The van der Waals surface area contributed by atoms with E-state index >= 15 is 0 Å². The SMILES string of the molecule is CC(C)(C)C12NC(=O)N(C(=O)NC3CC3)N1NC2c1ccccc1. The lowest BCUT2D eigenvalue weighted by atomic mass is 9.71. The number of nitrogens with zero attached hydrogens (tertiary/aromatic N) is 2. The first-order valence-electron chi connectivity index (χ1n) is 8.38. The van der Waals surface area contributed by atoms with Gasteiger partial charge in [0.15, 0.2) is 5.66 Å². The minimum absolute atomic E-state index is 0.0959. The van der Waals surface area contributed by atoms with Crippen molar-refractivity contribution >= 4 is 12.1 Å². The number of nitrogens with one attached hydrogen (secondary N) is 3. The standard InChI is InChI=1S/C17H23N5O2/c1-16(2,3)17-13(11-7-5-4-6-8-11)20-22(17)21(15(24)19-17)14(23)18-12-9-10-12/h4-8,12-13,20H,9-10H2,1-3H3,(H,18,23)(H,19,24). The first-order chi connectivity index (χ1) is 11.3. The summed E-state index contributed by atoms with van der Waals surface area (Å²) in [6.45, 7) is 6.21. The number of carbonyl (C=O) groups excluding carboxylic acids is 2. The maximum Gasteiger partial charge on any atom is 0.343 e. The highest BCUT2D eigenvalue weighted by molar-refractivity contribution is 5.95. The van der Waals surface area contributed by atoms with Gasteiger partial charge in [0.25, 0.3) is 0 Å². The van der Waals surface area contributed by atoms with E-state index in [2.05, 4.69) is 36.8 Å². The molecule has 0 radical (unpaired) electrons. The average Bonchev–Trinajstić information content (AvgIpc) is 3.27. The number of fused-ring (bicyclic) bond motifs is 1. The van der Waals surface area contributed by atoms with Crippen molar-refractivity contribution < 1.29 is 9.59 Å². The molecule has 7 heteroatoms. The van der Waals surface area contributed by atoms with Gasteiger partial charge in [0.2, 0.25) is 0 Å². The summed E-state index contributed by atoms with van der Waals surface area (Å²) < 4.78 is 0. The summed E-state index contributed by atoms with van der Waals surface area (Å²) in [5.41, 5.74) is 3.38. The van der Waals surface area contributed by atoms with Gasteiger partial charge in [-0.05, 0) is 18.4 Å². The highest BCUT2D eigenvalue weighted by Gasteiger charge is 2.70. The fourth-order valence-corrected chi connectivity index (χ4v) is 3.57. The van der Waals surface area contributed by atoms with Crippen molar-refractivity contribution in [2.24, 2.45) is 5.41 Å².